The van der Waals surface area contributed by atoms with E-state index in [1.807, 2.05) is 30.1 Å². The maximum atomic E-state index is 5.85. The van der Waals surface area contributed by atoms with Gasteiger partial charge in [-0.1, -0.05) is 0 Å². The van der Waals surface area contributed by atoms with Gasteiger partial charge in [-0.3, -0.25) is 4.84 Å². The highest BCUT2D eigenvalue weighted by atomic mass is 127. The highest BCUT2D eigenvalue weighted by molar-refractivity contribution is 14.1. The lowest BCUT2D eigenvalue weighted by Crippen LogP contribution is -2.59. The van der Waals surface area contributed by atoms with Gasteiger partial charge in [0.15, 0.2) is 0 Å². The van der Waals surface area contributed by atoms with E-state index < -0.39 is 11.6 Å². The molecule has 2 bridgehead atoms. The van der Waals surface area contributed by atoms with Crippen molar-refractivity contribution in [2.45, 2.75) is 23.8 Å². The Kier molecular flexibility index (Phi) is 3.59. The molecule has 0 N–H and O–H groups in total. The van der Waals surface area contributed by atoms with Crippen molar-refractivity contribution in [3.63, 3.8) is 0 Å². The van der Waals surface area contributed by atoms with E-state index in [-0.39, 0.29) is 12.2 Å². The second-order valence-electron chi connectivity index (χ2n) is 3.95. The lowest BCUT2D eigenvalue weighted by molar-refractivity contribution is -0.246. The minimum absolute atomic E-state index is 0.191. The fourth-order valence-corrected chi connectivity index (χ4v) is 3.03. The monoisotopic (exact) mass is 325 g/mol. The molecule has 7 heteroatoms. The van der Waals surface area contributed by atoms with Crippen molar-refractivity contribution in [1.82, 2.24) is 5.06 Å². The molecule has 0 saturated carbocycles. The minimum atomic E-state index is -0.521. The van der Waals surface area contributed by atoms with E-state index in [1.54, 1.807) is 12.2 Å². The summed E-state index contributed by atoms with van der Waals surface area (Å²) >= 11 is 1.85. The van der Waals surface area contributed by atoms with Gasteiger partial charge in [0.25, 0.3) is 0 Å². The number of hydrogen-bond donors (Lipinski definition) is 0. The molecule has 0 aromatic carbocycles. The van der Waals surface area contributed by atoms with Crippen LogP contribution < -0.4 is 0 Å². The normalized spacial score (nSPS) is 45.9. The summed E-state index contributed by atoms with van der Waals surface area (Å²) in [6, 6.07) is -0.468. The largest absolute Gasteiger partial charge is 0.382 e. The molecule has 4 unspecified atom stereocenters. The molecule has 2 aliphatic heterocycles. The smallest absolute Gasteiger partial charge is 0.135 e. The summed E-state index contributed by atoms with van der Waals surface area (Å²) in [5, 5.41) is 1.72. The third-order valence-electron chi connectivity index (χ3n) is 2.79. The first-order valence-electron chi connectivity index (χ1n) is 4.70. The molecule has 2 saturated heterocycles. The Hall–Kier alpha value is 0.595. The molecular weight excluding hydrogens is 312 g/mol. The van der Waals surface area contributed by atoms with Crippen LogP contribution in [-0.2, 0) is 17.4 Å². The first kappa shape index (κ1) is 12.1. The molecular formula is C8H13BINO4. The van der Waals surface area contributed by atoms with Gasteiger partial charge in [0.1, 0.15) is 48.7 Å². The van der Waals surface area contributed by atoms with E-state index in [2.05, 4.69) is 0 Å². The van der Waals surface area contributed by atoms with Crippen molar-refractivity contribution < 1.29 is 17.4 Å². The van der Waals surface area contributed by atoms with E-state index in [9.17, 15) is 0 Å². The summed E-state index contributed by atoms with van der Waals surface area (Å²) in [7, 11) is 9.34. The molecule has 2 fully saturated rings. The summed E-state index contributed by atoms with van der Waals surface area (Å²) in [6.45, 7) is 1.03. The van der Waals surface area contributed by atoms with Crippen LogP contribution in [0, 0.1) is 0 Å². The van der Waals surface area contributed by atoms with Gasteiger partial charge in [-0.25, -0.2) is 0 Å². The molecule has 15 heavy (non-hydrogen) atoms. The molecule has 0 aromatic rings. The Labute approximate surface area is 104 Å². The zero-order valence-electron chi connectivity index (χ0n) is 8.68. The molecule has 0 aliphatic carbocycles. The summed E-state index contributed by atoms with van der Waals surface area (Å²) in [6.07, 6.45) is -0.458. The molecule has 2 rings (SSSR count). The summed E-state index contributed by atoms with van der Waals surface area (Å²) in [5.74, 6) is 0. The zero-order valence-corrected chi connectivity index (χ0v) is 10.8. The first-order valence-corrected chi connectivity index (χ1v) is 5.59. The van der Waals surface area contributed by atoms with Crippen LogP contribution in [0.15, 0.2) is 0 Å². The topological polar surface area (TPSA) is 40.2 Å². The number of ether oxygens (including phenoxy) is 2. The summed E-state index contributed by atoms with van der Waals surface area (Å²) in [5.41, 5.74) is -0.521. The average Bonchev–Trinajstić information content (AvgIpc) is 2.32. The summed E-state index contributed by atoms with van der Waals surface area (Å²) in [4.78, 5) is 5.56. The third-order valence-corrected chi connectivity index (χ3v) is 3.34. The average molecular weight is 325 g/mol. The van der Waals surface area contributed by atoms with Crippen LogP contribution in [0.1, 0.15) is 0 Å². The van der Waals surface area contributed by atoms with Crippen molar-refractivity contribution in [1.29, 1.82) is 0 Å². The van der Waals surface area contributed by atoms with Crippen LogP contribution in [-0.4, -0.2) is 64.0 Å². The second kappa shape index (κ2) is 4.46. The van der Waals surface area contributed by atoms with E-state index in [0.717, 1.165) is 0 Å². The van der Waals surface area contributed by atoms with Gasteiger partial charge in [-0.15, -0.1) is 0 Å². The Bertz CT molecular complexity index is 243. The number of rotatable bonds is 3. The third kappa shape index (κ3) is 1.93. The van der Waals surface area contributed by atoms with Gasteiger partial charge in [0.2, 0.25) is 0 Å². The molecule has 2 radical (unpaired) electrons. The summed E-state index contributed by atoms with van der Waals surface area (Å²) < 4.78 is 16.3. The van der Waals surface area contributed by atoms with Crippen LogP contribution in [0.4, 0.5) is 0 Å². The van der Waals surface area contributed by atoms with Crippen LogP contribution >= 0.6 is 23.0 Å². The fraction of sp³-hybridized carbons (Fsp3) is 1.00. The SMILES string of the molecule is [B]C1OC2(COC)CN(C)OC1C2OI. The second-order valence-corrected chi connectivity index (χ2v) is 4.45. The number of halogens is 1. The van der Waals surface area contributed by atoms with Crippen molar-refractivity contribution >= 4 is 30.9 Å². The maximum Gasteiger partial charge on any atom is 0.135 e. The Morgan fingerprint density at radius 1 is 1.67 bits per heavy atom. The van der Waals surface area contributed by atoms with Crippen LogP contribution in [0.2, 0.25) is 0 Å². The van der Waals surface area contributed by atoms with E-state index >= 15 is 0 Å². The molecule has 5 nitrogen and oxygen atoms in total. The highest BCUT2D eigenvalue weighted by Crippen LogP contribution is 2.40. The van der Waals surface area contributed by atoms with Crippen LogP contribution in [0.5, 0.6) is 0 Å². The molecule has 0 amide bonds. The number of likely N-dealkylation sites (N-methyl/N-ethyl adjacent to an activating group) is 1. The molecule has 0 aromatic heterocycles. The van der Waals surface area contributed by atoms with Crippen LogP contribution in [0.3, 0.4) is 0 Å². The zero-order chi connectivity index (χ0) is 11.1. The highest BCUT2D eigenvalue weighted by Gasteiger charge is 2.59. The van der Waals surface area contributed by atoms with Crippen LogP contribution in [0.25, 0.3) is 0 Å². The van der Waals surface area contributed by atoms with Gasteiger partial charge >= 0.3 is 0 Å². The van der Waals surface area contributed by atoms with Crippen molar-refractivity contribution in [3.05, 3.63) is 0 Å². The van der Waals surface area contributed by atoms with Gasteiger partial charge in [-0.05, 0) is 0 Å². The van der Waals surface area contributed by atoms with E-state index in [1.165, 1.54) is 0 Å². The molecule has 2 heterocycles. The predicted octanol–water partition coefficient (Wildman–Crippen LogP) is -0.123. The van der Waals surface area contributed by atoms with Crippen molar-refractivity contribution in [2.24, 2.45) is 0 Å². The Morgan fingerprint density at radius 3 is 3.00 bits per heavy atom. The number of hydrogen-bond acceptors (Lipinski definition) is 5. The maximum absolute atomic E-state index is 5.85. The van der Waals surface area contributed by atoms with Gasteiger partial charge in [0, 0.05) is 20.2 Å². The fourth-order valence-electron chi connectivity index (χ4n) is 2.28. The Balaban J connectivity index is 2.24. The molecule has 4 atom stereocenters. The minimum Gasteiger partial charge on any atom is -0.382 e. The first-order chi connectivity index (χ1) is 7.13. The van der Waals surface area contributed by atoms with Gasteiger partial charge < -0.3 is 12.5 Å². The van der Waals surface area contributed by atoms with Crippen molar-refractivity contribution in [2.75, 3.05) is 27.3 Å². The molecule has 84 valence electrons. The molecule has 2 aliphatic rings. The number of fused-ring (bicyclic) bond motifs is 2. The quantitative estimate of drug-likeness (QED) is 0.534. The standard InChI is InChI=1S/C8H13BINO4/c1-11-3-8(4-12-2)6(14-10)5(15-11)7(9)13-8/h5-7H,3-4H2,1-2H3. The number of hydroxylamine groups is 2. The van der Waals surface area contributed by atoms with Gasteiger partial charge in [0.05, 0.1) is 13.2 Å². The lowest BCUT2D eigenvalue weighted by atomic mass is 9.88. The molecule has 0 spiro atoms. The lowest BCUT2D eigenvalue weighted by Gasteiger charge is -2.40. The number of methoxy groups -OCH3 is 1. The predicted molar refractivity (Wildman–Crippen MR) is 61.6 cm³/mol. The van der Waals surface area contributed by atoms with Crippen molar-refractivity contribution in [3.8, 4) is 0 Å². The Morgan fingerprint density at radius 2 is 2.40 bits per heavy atom. The van der Waals surface area contributed by atoms with E-state index in [0.29, 0.717) is 13.2 Å². The van der Waals surface area contributed by atoms with Gasteiger partial charge in [-0.2, -0.15) is 5.06 Å². The van der Waals surface area contributed by atoms with E-state index in [4.69, 9.17) is 25.2 Å². The number of nitrogens with zero attached hydrogens (tertiary/aromatic N) is 1.